The van der Waals surface area contributed by atoms with Gasteiger partial charge >= 0.3 is 5.97 Å². The molecule has 0 aliphatic rings. The van der Waals surface area contributed by atoms with E-state index in [-0.39, 0.29) is 22.8 Å². The predicted octanol–water partition coefficient (Wildman–Crippen LogP) is 2.62. The molecule has 0 bridgehead atoms. The Labute approximate surface area is 149 Å². The molecule has 134 valence electrons. The molecule has 0 atom stereocenters. The zero-order valence-corrected chi connectivity index (χ0v) is 14.6. The topological polar surface area (TPSA) is 85.2 Å². The van der Waals surface area contributed by atoms with Gasteiger partial charge in [0.2, 0.25) is 5.91 Å². The smallest absolute Gasteiger partial charge is 0.338 e. The summed E-state index contributed by atoms with van der Waals surface area (Å²) in [5, 5.41) is 5.40. The molecule has 0 spiro atoms. The lowest BCUT2D eigenvalue weighted by atomic mass is 10.1. The van der Waals surface area contributed by atoms with Crippen LogP contribution in [0.4, 0.5) is 15.8 Å². The van der Waals surface area contributed by atoms with Gasteiger partial charge in [-0.15, -0.1) is 11.6 Å². The highest BCUT2D eigenvalue weighted by molar-refractivity contribution is 6.29. The van der Waals surface area contributed by atoms with Gasteiger partial charge in [-0.2, -0.15) is 0 Å². The normalized spacial score (nSPS) is 10.4. The number of nitrogens with zero attached hydrogens (tertiary/aromatic N) is 2. The number of hydrogen-bond acceptors (Lipinski definition) is 5. The van der Waals surface area contributed by atoms with Gasteiger partial charge in [-0.3, -0.25) is 4.79 Å². The van der Waals surface area contributed by atoms with Gasteiger partial charge in [-0.25, -0.2) is 14.2 Å². The summed E-state index contributed by atoms with van der Waals surface area (Å²) in [6.07, 6.45) is 3.35. The molecule has 2 N–H and O–H groups in total. The fourth-order valence-corrected chi connectivity index (χ4v) is 2.31. The van der Waals surface area contributed by atoms with Crippen molar-refractivity contribution in [2.75, 3.05) is 23.6 Å². The Morgan fingerprint density at radius 3 is 2.80 bits per heavy atom. The first-order valence-corrected chi connectivity index (χ1v) is 8.04. The van der Waals surface area contributed by atoms with Gasteiger partial charge in [-0.1, -0.05) is 0 Å². The van der Waals surface area contributed by atoms with E-state index < -0.39 is 17.7 Å². The van der Waals surface area contributed by atoms with Crippen LogP contribution in [-0.2, 0) is 22.6 Å². The van der Waals surface area contributed by atoms with E-state index in [9.17, 15) is 14.0 Å². The van der Waals surface area contributed by atoms with E-state index in [4.69, 9.17) is 11.6 Å². The lowest BCUT2D eigenvalue weighted by molar-refractivity contribution is -0.113. The number of alkyl halides is 1. The molecular formula is C16H18ClFN4O3. The molecule has 1 amide bonds. The summed E-state index contributed by atoms with van der Waals surface area (Å²) in [4.78, 5) is 27.3. The Bertz CT molecular complexity index is 779. The van der Waals surface area contributed by atoms with E-state index in [0.29, 0.717) is 6.54 Å². The molecule has 0 radical (unpaired) electrons. The van der Waals surface area contributed by atoms with Crippen LogP contribution in [0, 0.1) is 5.82 Å². The number of carbonyl (C=O) groups excluding carboxylic acids is 2. The average molecular weight is 369 g/mol. The number of hydrogen-bond donors (Lipinski definition) is 2. The van der Waals surface area contributed by atoms with Crippen LogP contribution in [0.1, 0.15) is 23.0 Å². The molecule has 25 heavy (non-hydrogen) atoms. The van der Waals surface area contributed by atoms with Gasteiger partial charge in [0.15, 0.2) is 0 Å². The highest BCUT2D eigenvalue weighted by Gasteiger charge is 2.17. The summed E-state index contributed by atoms with van der Waals surface area (Å²) < 4.78 is 20.9. The van der Waals surface area contributed by atoms with Crippen LogP contribution in [0.15, 0.2) is 24.7 Å². The first-order chi connectivity index (χ1) is 12.0. The van der Waals surface area contributed by atoms with E-state index >= 15 is 0 Å². The molecule has 0 aliphatic carbocycles. The third kappa shape index (κ3) is 4.48. The molecule has 9 heteroatoms. The number of anilines is 2. The Kier molecular flexibility index (Phi) is 6.35. The van der Waals surface area contributed by atoms with Crippen molar-refractivity contribution in [2.45, 2.75) is 20.0 Å². The molecule has 0 aliphatic heterocycles. The standard InChI is InChI=1S/C16H18ClFN4O3/c1-3-22-9-19-7-11(22)8-20-13-5-10(16(24)25-2)4-12(18)15(13)21-14(23)6-17/h4-5,7,9,20H,3,6,8H2,1-2H3,(H,21,23). The van der Waals surface area contributed by atoms with Crippen molar-refractivity contribution >= 4 is 34.9 Å². The molecule has 1 heterocycles. The molecule has 0 saturated carbocycles. The van der Waals surface area contributed by atoms with Crippen molar-refractivity contribution in [1.82, 2.24) is 9.55 Å². The molecule has 0 unspecified atom stereocenters. The average Bonchev–Trinajstić information content (AvgIpc) is 3.08. The van der Waals surface area contributed by atoms with Crippen molar-refractivity contribution in [1.29, 1.82) is 0 Å². The lowest BCUT2D eigenvalue weighted by Gasteiger charge is -2.15. The Morgan fingerprint density at radius 2 is 2.16 bits per heavy atom. The Balaban J connectivity index is 2.35. The van der Waals surface area contributed by atoms with E-state index in [0.717, 1.165) is 18.3 Å². The number of benzene rings is 1. The van der Waals surface area contributed by atoms with E-state index in [1.807, 2.05) is 11.5 Å². The quantitative estimate of drug-likeness (QED) is 0.579. The number of imidazole rings is 1. The molecule has 1 aromatic carbocycles. The maximum Gasteiger partial charge on any atom is 0.338 e. The monoisotopic (exact) mass is 368 g/mol. The third-order valence-electron chi connectivity index (χ3n) is 3.50. The number of ether oxygens (including phenoxy) is 1. The minimum atomic E-state index is -0.770. The largest absolute Gasteiger partial charge is 0.465 e. The second-order valence-corrected chi connectivity index (χ2v) is 5.35. The minimum absolute atomic E-state index is 0.0235. The number of esters is 1. The second-order valence-electron chi connectivity index (χ2n) is 5.08. The summed E-state index contributed by atoms with van der Waals surface area (Å²) in [7, 11) is 1.20. The summed E-state index contributed by atoms with van der Waals surface area (Å²) in [6, 6.07) is 2.41. The van der Waals surface area contributed by atoms with Crippen molar-refractivity contribution in [3.63, 3.8) is 0 Å². The summed E-state index contributed by atoms with van der Waals surface area (Å²) in [5.74, 6) is -2.34. The second kappa shape index (κ2) is 8.48. The molecule has 2 rings (SSSR count). The molecule has 0 saturated heterocycles. The molecule has 2 aromatic rings. The number of methoxy groups -OCH3 is 1. The Hall–Kier alpha value is -2.61. The van der Waals surface area contributed by atoms with Crippen LogP contribution in [0.5, 0.6) is 0 Å². The minimum Gasteiger partial charge on any atom is -0.465 e. The van der Waals surface area contributed by atoms with Gasteiger partial charge in [0.25, 0.3) is 0 Å². The fraction of sp³-hybridized carbons (Fsp3) is 0.312. The third-order valence-corrected chi connectivity index (χ3v) is 3.74. The van der Waals surface area contributed by atoms with Crippen molar-refractivity contribution in [2.24, 2.45) is 0 Å². The molecule has 0 fully saturated rings. The van der Waals surface area contributed by atoms with Gasteiger partial charge in [0.05, 0.1) is 36.9 Å². The van der Waals surface area contributed by atoms with Gasteiger partial charge < -0.3 is 19.9 Å². The van der Waals surface area contributed by atoms with Crippen LogP contribution in [0.2, 0.25) is 0 Å². The van der Waals surface area contributed by atoms with E-state index in [1.165, 1.54) is 13.2 Å². The van der Waals surface area contributed by atoms with Crippen molar-refractivity contribution in [3.8, 4) is 0 Å². The molecular weight excluding hydrogens is 351 g/mol. The number of rotatable bonds is 7. The fourth-order valence-electron chi connectivity index (χ4n) is 2.25. The van der Waals surface area contributed by atoms with Crippen LogP contribution in [-0.4, -0.2) is 34.4 Å². The van der Waals surface area contributed by atoms with Crippen molar-refractivity contribution in [3.05, 3.63) is 41.7 Å². The summed E-state index contributed by atoms with van der Waals surface area (Å²) in [5.41, 5.74) is 1.04. The van der Waals surface area contributed by atoms with Crippen molar-refractivity contribution < 1.29 is 18.7 Å². The SMILES string of the molecule is CCn1cncc1CNc1cc(C(=O)OC)cc(F)c1NC(=O)CCl. The van der Waals surface area contributed by atoms with Gasteiger partial charge in [0, 0.05) is 12.7 Å². The summed E-state index contributed by atoms with van der Waals surface area (Å²) in [6.45, 7) is 3.01. The predicted molar refractivity (Wildman–Crippen MR) is 92.3 cm³/mol. The maximum atomic E-state index is 14.4. The number of nitrogens with one attached hydrogen (secondary N) is 2. The lowest BCUT2D eigenvalue weighted by Crippen LogP contribution is -2.17. The van der Waals surface area contributed by atoms with E-state index in [2.05, 4.69) is 20.4 Å². The zero-order valence-electron chi connectivity index (χ0n) is 13.8. The zero-order chi connectivity index (χ0) is 18.4. The first kappa shape index (κ1) is 18.7. The van der Waals surface area contributed by atoms with Gasteiger partial charge in [0.1, 0.15) is 17.4 Å². The number of halogens is 2. The maximum absolute atomic E-state index is 14.4. The number of aryl methyl sites for hydroxylation is 1. The number of carbonyl (C=O) groups is 2. The van der Waals surface area contributed by atoms with Crippen LogP contribution in [0.3, 0.4) is 0 Å². The number of aromatic nitrogens is 2. The molecule has 7 nitrogen and oxygen atoms in total. The highest BCUT2D eigenvalue weighted by atomic mass is 35.5. The summed E-state index contributed by atoms with van der Waals surface area (Å²) >= 11 is 5.47. The van der Waals surface area contributed by atoms with Gasteiger partial charge in [-0.05, 0) is 19.1 Å². The van der Waals surface area contributed by atoms with Crippen LogP contribution < -0.4 is 10.6 Å². The number of amides is 1. The first-order valence-electron chi connectivity index (χ1n) is 7.50. The van der Waals surface area contributed by atoms with Crippen LogP contribution in [0.25, 0.3) is 0 Å². The molecule has 1 aromatic heterocycles. The van der Waals surface area contributed by atoms with Crippen LogP contribution >= 0.6 is 11.6 Å². The van der Waals surface area contributed by atoms with E-state index in [1.54, 1.807) is 12.5 Å². The Morgan fingerprint density at radius 1 is 1.40 bits per heavy atom. The highest BCUT2D eigenvalue weighted by Crippen LogP contribution is 2.28.